The lowest BCUT2D eigenvalue weighted by Crippen LogP contribution is -1.99. The van der Waals surface area contributed by atoms with Gasteiger partial charge in [0.1, 0.15) is 23.7 Å². The number of benzene rings is 1. The zero-order valence-electron chi connectivity index (χ0n) is 9.28. The monoisotopic (exact) mass is 232 g/mol. The minimum atomic E-state index is -0.540. The van der Waals surface area contributed by atoms with Crippen LogP contribution in [0.2, 0.25) is 0 Å². The van der Waals surface area contributed by atoms with E-state index in [0.29, 0.717) is 11.3 Å². The van der Waals surface area contributed by atoms with Crippen LogP contribution in [0.5, 0.6) is 5.75 Å². The topological polar surface area (TPSA) is 81.2 Å². The number of hydrogen-bond acceptors (Lipinski definition) is 5. The molecule has 1 aromatic carbocycles. The Bertz CT molecular complexity index is 524. The Morgan fingerprint density at radius 2 is 2.06 bits per heavy atom. The lowest BCUT2D eigenvalue weighted by Gasteiger charge is -2.08. The molecule has 0 saturated carbocycles. The molecule has 0 unspecified atom stereocenters. The summed E-state index contributed by atoms with van der Waals surface area (Å²) in [5, 5.41) is 20.4. The summed E-state index contributed by atoms with van der Waals surface area (Å²) in [4.78, 5) is 0. The number of rotatable bonds is 3. The number of nitriles is 2. The minimum Gasteiger partial charge on any atom is -0.496 e. The Kier molecular flexibility index (Phi) is 4.02. The second kappa shape index (κ2) is 5.47. The van der Waals surface area contributed by atoms with E-state index < -0.39 is 5.82 Å². The van der Waals surface area contributed by atoms with Crippen LogP contribution >= 0.6 is 0 Å². The molecule has 86 valence electrons. The molecule has 0 amide bonds. The third-order valence-corrected chi connectivity index (χ3v) is 1.98. The fraction of sp³-hybridized carbons (Fsp3) is 0.182. The van der Waals surface area contributed by atoms with Crippen LogP contribution in [0.4, 0.5) is 10.1 Å². The Morgan fingerprint density at radius 3 is 2.59 bits per heavy atom. The Morgan fingerprint density at radius 1 is 1.41 bits per heavy atom. The number of hydrogen-bond donors (Lipinski definition) is 1. The minimum absolute atomic E-state index is 0.0375. The molecule has 1 N–H and O–H groups in total. The lowest BCUT2D eigenvalue weighted by atomic mass is 10.2. The van der Waals surface area contributed by atoms with Crippen LogP contribution < -0.4 is 10.2 Å². The number of nitrogens with one attached hydrogen (secondary N) is 1. The first-order chi connectivity index (χ1) is 8.12. The fourth-order valence-electron chi connectivity index (χ4n) is 1.15. The van der Waals surface area contributed by atoms with Gasteiger partial charge in [0.05, 0.1) is 12.8 Å². The molecular weight excluding hydrogens is 223 g/mol. The smallest absolute Gasteiger partial charge is 0.237 e. The Hall–Kier alpha value is -2.60. The predicted octanol–water partition coefficient (Wildman–Crippen LogP) is 1.96. The molecule has 6 heteroatoms. The number of anilines is 1. The third kappa shape index (κ3) is 2.93. The van der Waals surface area contributed by atoms with Gasteiger partial charge in [0.2, 0.25) is 5.71 Å². The SMILES string of the molecule is COc1cc(NN=C(C#N)C#N)c(F)cc1C. The Balaban J connectivity index is 3.05. The maximum absolute atomic E-state index is 13.5. The molecule has 0 aromatic heterocycles. The highest BCUT2D eigenvalue weighted by Crippen LogP contribution is 2.25. The molecule has 17 heavy (non-hydrogen) atoms. The van der Waals surface area contributed by atoms with E-state index in [9.17, 15) is 4.39 Å². The van der Waals surface area contributed by atoms with Gasteiger partial charge in [-0.1, -0.05) is 0 Å². The predicted molar refractivity (Wildman–Crippen MR) is 60.0 cm³/mol. The summed E-state index contributed by atoms with van der Waals surface area (Å²) in [5.41, 5.74) is 2.60. The second-order valence-corrected chi connectivity index (χ2v) is 3.10. The van der Waals surface area contributed by atoms with E-state index in [1.54, 1.807) is 19.1 Å². The first kappa shape index (κ1) is 12.5. The van der Waals surface area contributed by atoms with Gasteiger partial charge in [0.25, 0.3) is 0 Å². The number of aryl methyl sites for hydroxylation is 1. The zero-order chi connectivity index (χ0) is 12.8. The second-order valence-electron chi connectivity index (χ2n) is 3.10. The molecule has 1 aromatic rings. The largest absolute Gasteiger partial charge is 0.496 e. The summed E-state index contributed by atoms with van der Waals surface area (Å²) in [6.45, 7) is 1.70. The van der Waals surface area contributed by atoms with Gasteiger partial charge in [0, 0.05) is 6.07 Å². The van der Waals surface area contributed by atoms with Gasteiger partial charge in [-0.15, -0.1) is 0 Å². The summed E-state index contributed by atoms with van der Waals surface area (Å²) < 4.78 is 18.5. The van der Waals surface area contributed by atoms with E-state index in [0.717, 1.165) is 0 Å². The van der Waals surface area contributed by atoms with Crippen molar-refractivity contribution in [2.75, 3.05) is 12.5 Å². The fourth-order valence-corrected chi connectivity index (χ4v) is 1.15. The number of methoxy groups -OCH3 is 1. The van der Waals surface area contributed by atoms with E-state index in [1.165, 1.54) is 19.2 Å². The molecule has 0 fully saturated rings. The molecule has 0 aliphatic carbocycles. The molecule has 0 heterocycles. The summed E-state index contributed by atoms with van der Waals surface area (Å²) in [7, 11) is 1.46. The molecule has 0 bridgehead atoms. The van der Waals surface area contributed by atoms with Crippen LogP contribution in [0.1, 0.15) is 5.56 Å². The zero-order valence-corrected chi connectivity index (χ0v) is 9.28. The molecule has 1 rings (SSSR count). The van der Waals surface area contributed by atoms with Crippen molar-refractivity contribution in [3.63, 3.8) is 0 Å². The first-order valence-corrected chi connectivity index (χ1v) is 4.60. The third-order valence-electron chi connectivity index (χ3n) is 1.98. The molecule has 0 radical (unpaired) electrons. The first-order valence-electron chi connectivity index (χ1n) is 4.60. The summed E-state index contributed by atoms with van der Waals surface area (Å²) in [6.07, 6.45) is 0. The molecule has 0 saturated heterocycles. The quantitative estimate of drug-likeness (QED) is 0.638. The van der Waals surface area contributed by atoms with Crippen molar-refractivity contribution >= 4 is 11.4 Å². The van der Waals surface area contributed by atoms with Gasteiger partial charge in [-0.05, 0) is 18.6 Å². The van der Waals surface area contributed by atoms with Crippen LogP contribution in [-0.2, 0) is 0 Å². The van der Waals surface area contributed by atoms with Crippen LogP contribution in [-0.4, -0.2) is 12.8 Å². The number of halogens is 1. The van der Waals surface area contributed by atoms with Crippen molar-refractivity contribution in [3.05, 3.63) is 23.5 Å². The Labute approximate surface area is 97.7 Å². The van der Waals surface area contributed by atoms with E-state index in [1.807, 2.05) is 0 Å². The molecule has 0 aliphatic heterocycles. The van der Waals surface area contributed by atoms with Gasteiger partial charge in [-0.2, -0.15) is 15.6 Å². The standard InChI is InChI=1S/C11H9FN4O/c1-7-3-9(12)10(4-11(7)17-2)16-15-8(5-13)6-14/h3-4,16H,1-2H3. The van der Waals surface area contributed by atoms with E-state index >= 15 is 0 Å². The highest BCUT2D eigenvalue weighted by atomic mass is 19.1. The normalized spacial score (nSPS) is 8.76. The van der Waals surface area contributed by atoms with Crippen molar-refractivity contribution in [1.82, 2.24) is 0 Å². The van der Waals surface area contributed by atoms with Crippen molar-refractivity contribution in [2.24, 2.45) is 5.10 Å². The van der Waals surface area contributed by atoms with Crippen LogP contribution in [0.3, 0.4) is 0 Å². The average molecular weight is 232 g/mol. The number of nitrogens with zero attached hydrogens (tertiary/aromatic N) is 3. The summed E-state index contributed by atoms with van der Waals surface area (Å²) in [6, 6.07) is 5.78. The maximum atomic E-state index is 13.5. The molecule has 0 spiro atoms. The van der Waals surface area contributed by atoms with Crippen LogP contribution in [0.25, 0.3) is 0 Å². The van der Waals surface area contributed by atoms with Crippen LogP contribution in [0.15, 0.2) is 17.2 Å². The van der Waals surface area contributed by atoms with Crippen molar-refractivity contribution in [1.29, 1.82) is 10.5 Å². The maximum Gasteiger partial charge on any atom is 0.237 e. The van der Waals surface area contributed by atoms with Crippen molar-refractivity contribution in [2.45, 2.75) is 6.92 Å². The highest BCUT2D eigenvalue weighted by Gasteiger charge is 2.07. The summed E-state index contributed by atoms with van der Waals surface area (Å²) in [5.74, 6) is -0.0538. The molecule has 0 aliphatic rings. The van der Waals surface area contributed by atoms with Gasteiger partial charge >= 0.3 is 0 Å². The van der Waals surface area contributed by atoms with Crippen molar-refractivity contribution in [3.8, 4) is 17.9 Å². The van der Waals surface area contributed by atoms with Gasteiger partial charge in [-0.3, -0.25) is 5.43 Å². The van der Waals surface area contributed by atoms with E-state index in [-0.39, 0.29) is 11.4 Å². The molecular formula is C11H9FN4O. The molecule has 5 nitrogen and oxygen atoms in total. The van der Waals surface area contributed by atoms with E-state index in [4.69, 9.17) is 15.3 Å². The molecule has 0 atom stereocenters. The summed E-state index contributed by atoms with van der Waals surface area (Å²) >= 11 is 0. The van der Waals surface area contributed by atoms with Gasteiger partial charge in [0.15, 0.2) is 0 Å². The van der Waals surface area contributed by atoms with E-state index in [2.05, 4.69) is 10.5 Å². The van der Waals surface area contributed by atoms with Gasteiger partial charge < -0.3 is 4.74 Å². The number of hydrazone groups is 1. The lowest BCUT2D eigenvalue weighted by molar-refractivity contribution is 0.410. The van der Waals surface area contributed by atoms with Gasteiger partial charge in [-0.25, -0.2) is 4.39 Å². The van der Waals surface area contributed by atoms with Crippen molar-refractivity contribution < 1.29 is 9.13 Å². The highest BCUT2D eigenvalue weighted by molar-refractivity contribution is 6.10. The van der Waals surface area contributed by atoms with Crippen LogP contribution in [0, 0.1) is 35.4 Å². The number of ether oxygens (including phenoxy) is 1. The average Bonchev–Trinajstić information content (AvgIpc) is 2.32.